The van der Waals surface area contributed by atoms with Crippen LogP contribution in [0.15, 0.2) is 58.3 Å². The van der Waals surface area contributed by atoms with Crippen LogP contribution >= 0.6 is 24.2 Å². The molecule has 0 bridgehead atoms. The second-order valence-corrected chi connectivity index (χ2v) is 7.50. The quantitative estimate of drug-likeness (QED) is 0.748. The topological polar surface area (TPSA) is 53.6 Å². The van der Waals surface area contributed by atoms with Gasteiger partial charge in [0.05, 0.1) is 24.6 Å². The van der Waals surface area contributed by atoms with Crippen LogP contribution < -0.4 is 15.5 Å². The van der Waals surface area contributed by atoms with Gasteiger partial charge in [0.2, 0.25) is 5.91 Å². The molecule has 2 N–H and O–H groups in total. The zero-order chi connectivity index (χ0) is 17.8. The monoisotopic (exact) mass is 405 g/mol. The van der Waals surface area contributed by atoms with Gasteiger partial charge in [0.25, 0.3) is 0 Å². The molecular weight excluding hydrogens is 382 g/mol. The van der Waals surface area contributed by atoms with E-state index < -0.39 is 0 Å². The van der Waals surface area contributed by atoms with Gasteiger partial charge < -0.3 is 20.3 Å². The highest BCUT2D eigenvalue weighted by molar-refractivity contribution is 7.99. The summed E-state index contributed by atoms with van der Waals surface area (Å²) in [6.07, 6.45) is 0.882. The SMILES string of the molecule is Cl.O=C(NCCCN1c2ccccc2Sc2ccccc21)C1COCCN1. The normalized spacial score (nSPS) is 18.1. The Kier molecular flexibility index (Phi) is 7.01. The van der Waals surface area contributed by atoms with Gasteiger partial charge in [-0.1, -0.05) is 36.0 Å². The van der Waals surface area contributed by atoms with Gasteiger partial charge in [0.1, 0.15) is 6.04 Å². The number of benzene rings is 2. The van der Waals surface area contributed by atoms with E-state index in [4.69, 9.17) is 4.74 Å². The average Bonchev–Trinajstić information content (AvgIpc) is 2.71. The van der Waals surface area contributed by atoms with Gasteiger partial charge in [0.15, 0.2) is 0 Å². The number of carbonyl (C=O) groups excluding carboxylic acids is 1. The fraction of sp³-hybridized carbons (Fsp3) is 0.350. The predicted octanol–water partition coefficient (Wildman–Crippen LogP) is 3.21. The van der Waals surface area contributed by atoms with Gasteiger partial charge in [-0.3, -0.25) is 4.79 Å². The number of nitrogens with one attached hydrogen (secondary N) is 2. The third kappa shape index (κ3) is 4.58. The Morgan fingerprint density at radius 2 is 1.81 bits per heavy atom. The summed E-state index contributed by atoms with van der Waals surface area (Å²) >= 11 is 1.82. The van der Waals surface area contributed by atoms with Gasteiger partial charge >= 0.3 is 0 Å². The molecule has 1 saturated heterocycles. The van der Waals surface area contributed by atoms with Crippen molar-refractivity contribution in [1.82, 2.24) is 10.6 Å². The molecule has 1 fully saturated rings. The molecule has 144 valence electrons. The molecule has 0 spiro atoms. The molecule has 2 aromatic rings. The fourth-order valence-electron chi connectivity index (χ4n) is 3.33. The van der Waals surface area contributed by atoms with Gasteiger partial charge in [-0.15, -0.1) is 12.4 Å². The number of nitrogens with zero attached hydrogens (tertiary/aromatic N) is 1. The van der Waals surface area contributed by atoms with Crippen LogP contribution in [0.25, 0.3) is 0 Å². The van der Waals surface area contributed by atoms with E-state index in [1.54, 1.807) is 0 Å². The van der Waals surface area contributed by atoms with Crippen molar-refractivity contribution in [1.29, 1.82) is 0 Å². The summed E-state index contributed by atoms with van der Waals surface area (Å²) in [5.41, 5.74) is 2.48. The summed E-state index contributed by atoms with van der Waals surface area (Å²) in [4.78, 5) is 17.1. The van der Waals surface area contributed by atoms with Crippen LogP contribution in [0.3, 0.4) is 0 Å². The first kappa shape index (κ1) is 20.0. The number of anilines is 2. The summed E-state index contributed by atoms with van der Waals surface area (Å²) in [6.45, 7) is 3.39. The van der Waals surface area contributed by atoms with E-state index >= 15 is 0 Å². The minimum atomic E-state index is -0.225. The molecule has 7 heteroatoms. The van der Waals surface area contributed by atoms with E-state index in [0.717, 1.165) is 19.5 Å². The maximum atomic E-state index is 12.2. The van der Waals surface area contributed by atoms with Crippen molar-refractivity contribution in [2.24, 2.45) is 0 Å². The molecule has 0 radical (unpaired) electrons. The molecule has 1 amide bonds. The maximum Gasteiger partial charge on any atom is 0.239 e. The van der Waals surface area contributed by atoms with E-state index in [-0.39, 0.29) is 24.4 Å². The van der Waals surface area contributed by atoms with Gasteiger partial charge in [-0.05, 0) is 30.7 Å². The average molecular weight is 406 g/mol. The van der Waals surface area contributed by atoms with E-state index in [2.05, 4.69) is 64.1 Å². The number of rotatable bonds is 5. The number of amides is 1. The summed E-state index contributed by atoms with van der Waals surface area (Å²) in [7, 11) is 0. The minimum absolute atomic E-state index is 0. The lowest BCUT2D eigenvalue weighted by atomic mass is 10.2. The number of halogens is 1. The van der Waals surface area contributed by atoms with Crippen LogP contribution in [0.4, 0.5) is 11.4 Å². The third-order valence-corrected chi connectivity index (χ3v) is 5.76. The smallest absolute Gasteiger partial charge is 0.239 e. The predicted molar refractivity (Wildman–Crippen MR) is 111 cm³/mol. The lowest BCUT2D eigenvalue weighted by molar-refractivity contribution is -0.125. The number of carbonyl (C=O) groups is 1. The summed E-state index contributed by atoms with van der Waals surface area (Å²) in [5, 5.41) is 6.21. The first-order valence-electron chi connectivity index (χ1n) is 9.05. The standard InChI is InChI=1S/C20H23N3O2S.ClH/c24-20(15-14-25-13-11-21-15)22-10-5-12-23-16-6-1-3-8-18(16)26-19-9-4-2-7-17(19)23;/h1-4,6-9,15,21H,5,10-14H2,(H,22,24);1H. The van der Waals surface area contributed by atoms with E-state index in [1.165, 1.54) is 21.2 Å². The number of morpholine rings is 1. The zero-order valence-corrected chi connectivity index (χ0v) is 16.7. The molecule has 2 aliphatic heterocycles. The molecule has 0 aliphatic carbocycles. The molecule has 5 nitrogen and oxygen atoms in total. The van der Waals surface area contributed by atoms with Crippen molar-refractivity contribution in [2.75, 3.05) is 37.7 Å². The van der Waals surface area contributed by atoms with E-state index in [0.29, 0.717) is 19.8 Å². The van der Waals surface area contributed by atoms with E-state index in [9.17, 15) is 4.79 Å². The molecule has 27 heavy (non-hydrogen) atoms. The number of fused-ring (bicyclic) bond motifs is 2. The molecule has 1 atom stereocenters. The highest BCUT2D eigenvalue weighted by Gasteiger charge is 2.23. The van der Waals surface area contributed by atoms with Crippen molar-refractivity contribution in [2.45, 2.75) is 22.3 Å². The summed E-state index contributed by atoms with van der Waals surface area (Å²) < 4.78 is 5.35. The van der Waals surface area contributed by atoms with Gasteiger partial charge in [-0.25, -0.2) is 0 Å². The van der Waals surface area contributed by atoms with Gasteiger partial charge in [0, 0.05) is 29.4 Å². The van der Waals surface area contributed by atoms with Crippen LogP contribution in [0.2, 0.25) is 0 Å². The lowest BCUT2D eigenvalue weighted by Crippen LogP contribution is -2.51. The third-order valence-electron chi connectivity index (χ3n) is 4.63. The highest BCUT2D eigenvalue weighted by atomic mass is 35.5. The molecule has 4 rings (SSSR count). The van der Waals surface area contributed by atoms with Crippen molar-refractivity contribution in [3.05, 3.63) is 48.5 Å². The molecule has 0 saturated carbocycles. The van der Waals surface area contributed by atoms with E-state index in [1.807, 2.05) is 11.8 Å². The molecule has 2 aliphatic rings. The van der Waals surface area contributed by atoms with Crippen LogP contribution in [0.1, 0.15) is 6.42 Å². The van der Waals surface area contributed by atoms with Gasteiger partial charge in [-0.2, -0.15) is 0 Å². The largest absolute Gasteiger partial charge is 0.378 e. The number of hydrogen-bond acceptors (Lipinski definition) is 5. The Hall–Kier alpha value is -1.73. The van der Waals surface area contributed by atoms with Crippen molar-refractivity contribution < 1.29 is 9.53 Å². The van der Waals surface area contributed by atoms with Crippen molar-refractivity contribution >= 4 is 41.5 Å². The molecule has 2 aromatic carbocycles. The molecule has 2 heterocycles. The number of hydrogen-bond donors (Lipinski definition) is 2. The second-order valence-electron chi connectivity index (χ2n) is 6.42. The lowest BCUT2D eigenvalue weighted by Gasteiger charge is -2.32. The Bertz CT molecular complexity index is 738. The van der Waals surface area contributed by atoms with Crippen LogP contribution in [-0.2, 0) is 9.53 Å². The summed E-state index contributed by atoms with van der Waals surface area (Å²) in [6, 6.07) is 16.8. The highest BCUT2D eigenvalue weighted by Crippen LogP contribution is 2.47. The number of para-hydroxylation sites is 2. The molecule has 1 unspecified atom stereocenters. The van der Waals surface area contributed by atoms with Crippen LogP contribution in [0.5, 0.6) is 0 Å². The summed E-state index contributed by atoms with van der Waals surface area (Å²) in [5.74, 6) is 0.0275. The fourth-order valence-corrected chi connectivity index (χ4v) is 4.42. The maximum absolute atomic E-state index is 12.2. The molecular formula is C20H24ClN3O2S. The zero-order valence-electron chi connectivity index (χ0n) is 15.0. The van der Waals surface area contributed by atoms with Crippen LogP contribution in [-0.4, -0.2) is 44.8 Å². The van der Waals surface area contributed by atoms with Crippen molar-refractivity contribution in [3.63, 3.8) is 0 Å². The molecule has 0 aromatic heterocycles. The Labute approximate surface area is 170 Å². The Morgan fingerprint density at radius 3 is 2.44 bits per heavy atom. The van der Waals surface area contributed by atoms with Crippen LogP contribution in [0, 0.1) is 0 Å². The minimum Gasteiger partial charge on any atom is -0.378 e. The Balaban J connectivity index is 0.00000210. The first-order valence-corrected chi connectivity index (χ1v) is 9.87. The number of ether oxygens (including phenoxy) is 1. The Morgan fingerprint density at radius 1 is 1.15 bits per heavy atom. The second kappa shape index (κ2) is 9.46. The first-order chi connectivity index (χ1) is 12.8. The van der Waals surface area contributed by atoms with Crippen molar-refractivity contribution in [3.8, 4) is 0 Å².